The molecule has 1 amide bonds. The minimum absolute atomic E-state index is 0.0974. The van der Waals surface area contributed by atoms with Crippen LogP contribution in [0.2, 0.25) is 0 Å². The largest absolute Gasteiger partial charge is 0.492 e. The van der Waals surface area contributed by atoms with Crippen molar-refractivity contribution in [3.63, 3.8) is 0 Å². The maximum Gasteiger partial charge on any atom is 0.325 e. The van der Waals surface area contributed by atoms with Crippen LogP contribution in [0.25, 0.3) is 0 Å². The van der Waals surface area contributed by atoms with Crippen molar-refractivity contribution < 1.29 is 19.1 Å². The molecule has 0 bridgehead atoms. The molecule has 0 aromatic heterocycles. The Morgan fingerprint density at radius 3 is 2.50 bits per heavy atom. The van der Waals surface area contributed by atoms with Gasteiger partial charge in [0.2, 0.25) is 0 Å². The van der Waals surface area contributed by atoms with Gasteiger partial charge in [-0.15, -0.1) is 0 Å². The van der Waals surface area contributed by atoms with Gasteiger partial charge < -0.3 is 20.1 Å². The van der Waals surface area contributed by atoms with Gasteiger partial charge in [0.15, 0.2) is 0 Å². The number of nitrogens with zero attached hydrogens (tertiary/aromatic N) is 1. The summed E-state index contributed by atoms with van der Waals surface area (Å²) in [7, 11) is 1.53. The van der Waals surface area contributed by atoms with Crippen LogP contribution in [-0.2, 0) is 9.53 Å². The fourth-order valence-electron chi connectivity index (χ4n) is 1.66. The van der Waals surface area contributed by atoms with Crippen molar-refractivity contribution in [2.75, 3.05) is 32.5 Å². The second-order valence-corrected chi connectivity index (χ2v) is 4.15. The Bertz CT molecular complexity index is 488. The normalized spacial score (nSPS) is 9.95. The molecule has 0 spiro atoms. The standard InChI is InChI=1S/C14H20N2O4/c1-4-19-12-7-6-10(8-11(12)15)14(18)16(3)9-13(17)20-5-2/h6-8H,4-5,9,15H2,1-3H3. The summed E-state index contributed by atoms with van der Waals surface area (Å²) in [5, 5.41) is 0. The monoisotopic (exact) mass is 280 g/mol. The van der Waals surface area contributed by atoms with Crippen LogP contribution < -0.4 is 10.5 Å². The Balaban J connectivity index is 2.76. The van der Waals surface area contributed by atoms with Crippen LogP contribution >= 0.6 is 0 Å². The molecular weight excluding hydrogens is 260 g/mol. The molecule has 2 N–H and O–H groups in total. The molecule has 1 rings (SSSR count). The molecule has 0 heterocycles. The number of carbonyl (C=O) groups excluding carboxylic acids is 2. The maximum atomic E-state index is 12.1. The Hall–Kier alpha value is -2.24. The first-order chi connectivity index (χ1) is 9.49. The molecule has 0 aliphatic heterocycles. The molecule has 1 aromatic rings. The second-order valence-electron chi connectivity index (χ2n) is 4.15. The SMILES string of the molecule is CCOC(=O)CN(C)C(=O)c1ccc(OCC)c(N)c1. The number of ether oxygens (including phenoxy) is 2. The predicted molar refractivity (Wildman–Crippen MR) is 75.6 cm³/mol. The number of benzene rings is 1. The molecule has 0 aliphatic carbocycles. The highest BCUT2D eigenvalue weighted by molar-refractivity contribution is 5.96. The summed E-state index contributed by atoms with van der Waals surface area (Å²) in [6, 6.07) is 4.80. The number of amides is 1. The van der Waals surface area contributed by atoms with E-state index in [4.69, 9.17) is 15.2 Å². The lowest BCUT2D eigenvalue weighted by Crippen LogP contribution is -2.33. The lowest BCUT2D eigenvalue weighted by Gasteiger charge is -2.17. The molecule has 0 radical (unpaired) electrons. The van der Waals surface area contributed by atoms with Crippen molar-refractivity contribution in [2.24, 2.45) is 0 Å². The van der Waals surface area contributed by atoms with Gasteiger partial charge in [-0.1, -0.05) is 0 Å². The van der Waals surface area contributed by atoms with Gasteiger partial charge in [0.1, 0.15) is 12.3 Å². The summed E-state index contributed by atoms with van der Waals surface area (Å²) >= 11 is 0. The van der Waals surface area contributed by atoms with E-state index in [1.807, 2.05) is 6.92 Å². The summed E-state index contributed by atoms with van der Waals surface area (Å²) in [6.07, 6.45) is 0. The summed E-state index contributed by atoms with van der Waals surface area (Å²) in [5.41, 5.74) is 6.60. The van der Waals surface area contributed by atoms with Crippen molar-refractivity contribution >= 4 is 17.6 Å². The van der Waals surface area contributed by atoms with Crippen LogP contribution in [0.5, 0.6) is 5.75 Å². The molecule has 6 nitrogen and oxygen atoms in total. The minimum Gasteiger partial charge on any atom is -0.492 e. The molecule has 0 saturated heterocycles. The Morgan fingerprint density at radius 1 is 1.25 bits per heavy atom. The lowest BCUT2D eigenvalue weighted by molar-refractivity contribution is -0.143. The Morgan fingerprint density at radius 2 is 1.95 bits per heavy atom. The lowest BCUT2D eigenvalue weighted by atomic mass is 10.1. The smallest absolute Gasteiger partial charge is 0.325 e. The molecule has 0 atom stereocenters. The van der Waals surface area contributed by atoms with Crippen molar-refractivity contribution in [3.05, 3.63) is 23.8 Å². The van der Waals surface area contributed by atoms with Crippen molar-refractivity contribution in [2.45, 2.75) is 13.8 Å². The van der Waals surface area contributed by atoms with Gasteiger partial charge in [-0.25, -0.2) is 0 Å². The first kappa shape index (κ1) is 15.8. The molecular formula is C14H20N2O4. The number of hydrogen-bond acceptors (Lipinski definition) is 5. The number of nitrogens with two attached hydrogens (primary N) is 1. The molecule has 6 heteroatoms. The maximum absolute atomic E-state index is 12.1. The topological polar surface area (TPSA) is 81.9 Å². The number of esters is 1. The zero-order valence-electron chi connectivity index (χ0n) is 12.0. The highest BCUT2D eigenvalue weighted by atomic mass is 16.5. The van der Waals surface area contributed by atoms with Gasteiger partial charge in [0.05, 0.1) is 18.9 Å². The number of hydrogen-bond donors (Lipinski definition) is 1. The van der Waals surface area contributed by atoms with E-state index in [9.17, 15) is 9.59 Å². The summed E-state index contributed by atoms with van der Waals surface area (Å²) in [4.78, 5) is 24.7. The molecule has 20 heavy (non-hydrogen) atoms. The van der Waals surface area contributed by atoms with Crippen LogP contribution in [0.3, 0.4) is 0 Å². The van der Waals surface area contributed by atoms with Gasteiger partial charge in [-0.05, 0) is 32.0 Å². The van der Waals surface area contributed by atoms with Crippen LogP contribution in [-0.4, -0.2) is 43.6 Å². The third-order valence-electron chi connectivity index (χ3n) is 2.57. The number of anilines is 1. The molecule has 1 aromatic carbocycles. The third-order valence-corrected chi connectivity index (χ3v) is 2.57. The number of rotatable bonds is 6. The average molecular weight is 280 g/mol. The van der Waals surface area contributed by atoms with E-state index in [0.29, 0.717) is 23.6 Å². The summed E-state index contributed by atoms with van der Waals surface area (Å²) in [5.74, 6) is -0.202. The third kappa shape index (κ3) is 4.15. The molecule has 0 fully saturated rings. The summed E-state index contributed by atoms with van der Waals surface area (Å²) in [6.45, 7) is 4.26. The molecule has 0 unspecified atom stereocenters. The molecule has 0 saturated carbocycles. The predicted octanol–water partition coefficient (Wildman–Crippen LogP) is 1.30. The molecule has 110 valence electrons. The first-order valence-corrected chi connectivity index (χ1v) is 6.43. The number of likely N-dealkylation sites (N-methyl/N-ethyl adjacent to an activating group) is 1. The molecule has 0 aliphatic rings. The van der Waals surface area contributed by atoms with Crippen molar-refractivity contribution in [1.29, 1.82) is 0 Å². The quantitative estimate of drug-likeness (QED) is 0.627. The Kier molecular flexibility index (Phi) is 5.83. The van der Waals surface area contributed by atoms with Crippen molar-refractivity contribution in [1.82, 2.24) is 4.90 Å². The second kappa shape index (κ2) is 7.37. The van der Waals surface area contributed by atoms with Gasteiger partial charge in [0.25, 0.3) is 5.91 Å². The van der Waals surface area contributed by atoms with E-state index >= 15 is 0 Å². The van der Waals surface area contributed by atoms with Gasteiger partial charge in [-0.3, -0.25) is 9.59 Å². The highest BCUT2D eigenvalue weighted by Gasteiger charge is 2.16. The van der Waals surface area contributed by atoms with E-state index in [1.165, 1.54) is 18.0 Å². The fourth-order valence-corrected chi connectivity index (χ4v) is 1.66. The zero-order valence-corrected chi connectivity index (χ0v) is 12.0. The van der Waals surface area contributed by atoms with Crippen LogP contribution in [0.1, 0.15) is 24.2 Å². The van der Waals surface area contributed by atoms with Crippen LogP contribution in [0.4, 0.5) is 5.69 Å². The summed E-state index contributed by atoms with van der Waals surface area (Å²) < 4.78 is 10.1. The van der Waals surface area contributed by atoms with E-state index in [1.54, 1.807) is 19.1 Å². The van der Waals surface area contributed by atoms with Crippen LogP contribution in [0, 0.1) is 0 Å². The first-order valence-electron chi connectivity index (χ1n) is 6.43. The van der Waals surface area contributed by atoms with Crippen molar-refractivity contribution in [3.8, 4) is 5.75 Å². The van der Waals surface area contributed by atoms with Gasteiger partial charge in [0, 0.05) is 12.6 Å². The van der Waals surface area contributed by atoms with Gasteiger partial charge in [-0.2, -0.15) is 0 Å². The number of nitrogen functional groups attached to an aromatic ring is 1. The minimum atomic E-state index is -0.442. The van der Waals surface area contributed by atoms with Gasteiger partial charge >= 0.3 is 5.97 Å². The van der Waals surface area contributed by atoms with E-state index in [-0.39, 0.29) is 19.1 Å². The average Bonchev–Trinajstić information content (AvgIpc) is 2.40. The van der Waals surface area contributed by atoms with E-state index < -0.39 is 5.97 Å². The number of carbonyl (C=O) groups is 2. The highest BCUT2D eigenvalue weighted by Crippen LogP contribution is 2.23. The Labute approximate surface area is 118 Å². The fraction of sp³-hybridized carbons (Fsp3) is 0.429. The van der Waals surface area contributed by atoms with E-state index in [2.05, 4.69) is 0 Å². The zero-order chi connectivity index (χ0) is 15.1. The van der Waals surface area contributed by atoms with Crippen LogP contribution in [0.15, 0.2) is 18.2 Å². The van der Waals surface area contributed by atoms with E-state index in [0.717, 1.165) is 0 Å².